The molecule has 196 valence electrons. The van der Waals surface area contributed by atoms with Crippen LogP contribution in [-0.4, -0.2) is 64.2 Å². The quantitative estimate of drug-likeness (QED) is 0.407. The molecule has 0 unspecified atom stereocenters. The molecule has 0 aliphatic carbocycles. The molecule has 0 spiro atoms. The number of hydrogen-bond donors (Lipinski definition) is 1. The first-order chi connectivity index (χ1) is 18.6. The van der Waals surface area contributed by atoms with Gasteiger partial charge in [0, 0.05) is 50.5 Å². The molecule has 11 heteroatoms. The van der Waals surface area contributed by atoms with Crippen LogP contribution < -0.4 is 29.2 Å². The summed E-state index contributed by atoms with van der Waals surface area (Å²) >= 11 is 0. The van der Waals surface area contributed by atoms with E-state index in [2.05, 4.69) is 50.6 Å². The molecular formula is C27H29N7O4. The molecule has 0 radical (unpaired) electrons. The number of benzene rings is 2. The van der Waals surface area contributed by atoms with Gasteiger partial charge in [0.15, 0.2) is 40.0 Å². The molecule has 11 nitrogen and oxygen atoms in total. The standard InChI is InChI=1S/C27H29N7O4/c1-17(2)34-14-28-24-25(29-19-4-6-21-23(12-19)38-16-36-21)30-27(31-26(24)34)33-9-7-32(8-10-33)13-18-3-5-20-22(11-18)37-15-35-20/h3-6,11-12,14,17H,7-10,13,15-16H2,1-2H3,(H,29,30,31). The van der Waals surface area contributed by atoms with Crippen molar-refractivity contribution in [3.05, 3.63) is 48.3 Å². The summed E-state index contributed by atoms with van der Waals surface area (Å²) in [5, 5.41) is 3.45. The lowest BCUT2D eigenvalue weighted by molar-refractivity contribution is 0.173. The molecular weight excluding hydrogens is 486 g/mol. The summed E-state index contributed by atoms with van der Waals surface area (Å²) in [5.41, 5.74) is 3.63. The van der Waals surface area contributed by atoms with Gasteiger partial charge in [-0.2, -0.15) is 9.97 Å². The summed E-state index contributed by atoms with van der Waals surface area (Å²) in [7, 11) is 0. The van der Waals surface area contributed by atoms with Crippen molar-refractivity contribution in [2.45, 2.75) is 26.4 Å². The first-order valence-corrected chi connectivity index (χ1v) is 12.9. The molecule has 0 bridgehead atoms. The van der Waals surface area contributed by atoms with Crippen LogP contribution in [0.1, 0.15) is 25.5 Å². The Kier molecular flexibility index (Phi) is 5.58. The largest absolute Gasteiger partial charge is 0.454 e. The van der Waals surface area contributed by atoms with E-state index in [-0.39, 0.29) is 12.8 Å². The van der Waals surface area contributed by atoms with Crippen molar-refractivity contribution in [2.24, 2.45) is 0 Å². The van der Waals surface area contributed by atoms with Crippen LogP contribution in [0.5, 0.6) is 23.0 Å². The van der Waals surface area contributed by atoms with Gasteiger partial charge in [0.1, 0.15) is 0 Å². The molecule has 0 atom stereocenters. The third-order valence-corrected chi connectivity index (χ3v) is 7.10. The van der Waals surface area contributed by atoms with Gasteiger partial charge in [0.25, 0.3) is 0 Å². The summed E-state index contributed by atoms with van der Waals surface area (Å²) in [6.07, 6.45) is 1.84. The summed E-state index contributed by atoms with van der Waals surface area (Å²) in [5.74, 6) is 4.47. The first kappa shape index (κ1) is 22.9. The van der Waals surface area contributed by atoms with Gasteiger partial charge in [-0.3, -0.25) is 4.90 Å². The van der Waals surface area contributed by atoms with Gasteiger partial charge < -0.3 is 33.7 Å². The zero-order chi connectivity index (χ0) is 25.6. The highest BCUT2D eigenvalue weighted by atomic mass is 16.7. The van der Waals surface area contributed by atoms with Crippen LogP contribution in [0.3, 0.4) is 0 Å². The van der Waals surface area contributed by atoms with Crippen molar-refractivity contribution in [1.29, 1.82) is 0 Å². The molecule has 1 fully saturated rings. The number of anilines is 3. The molecule has 38 heavy (non-hydrogen) atoms. The minimum Gasteiger partial charge on any atom is -0.454 e. The van der Waals surface area contributed by atoms with Crippen LogP contribution in [-0.2, 0) is 6.54 Å². The fraction of sp³-hybridized carbons (Fsp3) is 0.370. The monoisotopic (exact) mass is 515 g/mol. The van der Waals surface area contributed by atoms with Gasteiger partial charge in [-0.15, -0.1) is 0 Å². The van der Waals surface area contributed by atoms with Gasteiger partial charge >= 0.3 is 0 Å². The Bertz CT molecular complexity index is 1500. The molecule has 5 heterocycles. The van der Waals surface area contributed by atoms with Gasteiger partial charge in [-0.05, 0) is 43.7 Å². The Hall–Kier alpha value is -4.25. The molecule has 3 aliphatic rings. The molecule has 3 aliphatic heterocycles. The van der Waals surface area contributed by atoms with Gasteiger partial charge in [0.2, 0.25) is 19.5 Å². The lowest BCUT2D eigenvalue weighted by Gasteiger charge is -2.35. The van der Waals surface area contributed by atoms with Crippen LogP contribution >= 0.6 is 0 Å². The molecule has 1 N–H and O–H groups in total. The minimum absolute atomic E-state index is 0.222. The Balaban J connectivity index is 1.12. The average Bonchev–Trinajstić information content (AvgIpc) is 3.68. The van der Waals surface area contributed by atoms with E-state index in [1.807, 2.05) is 30.6 Å². The minimum atomic E-state index is 0.222. The van der Waals surface area contributed by atoms with Crippen molar-refractivity contribution in [3.8, 4) is 23.0 Å². The molecule has 2 aromatic carbocycles. The average molecular weight is 516 g/mol. The first-order valence-electron chi connectivity index (χ1n) is 12.9. The maximum Gasteiger partial charge on any atom is 0.231 e. The number of nitrogens with one attached hydrogen (secondary N) is 1. The number of aromatic nitrogens is 4. The fourth-order valence-corrected chi connectivity index (χ4v) is 5.03. The number of fused-ring (bicyclic) bond motifs is 3. The van der Waals surface area contributed by atoms with Crippen molar-refractivity contribution < 1.29 is 18.9 Å². The van der Waals surface area contributed by atoms with E-state index >= 15 is 0 Å². The maximum atomic E-state index is 5.55. The van der Waals surface area contributed by atoms with E-state index in [0.717, 1.165) is 66.8 Å². The Morgan fingerprint density at radius 2 is 1.55 bits per heavy atom. The lowest BCUT2D eigenvalue weighted by atomic mass is 10.1. The number of piperazine rings is 1. The Labute approximate surface area is 219 Å². The predicted octanol–water partition coefficient (Wildman–Crippen LogP) is 3.93. The topological polar surface area (TPSA) is 99.0 Å². The smallest absolute Gasteiger partial charge is 0.231 e. The van der Waals surface area contributed by atoms with Gasteiger partial charge in [-0.1, -0.05) is 6.07 Å². The third-order valence-electron chi connectivity index (χ3n) is 7.10. The third kappa shape index (κ3) is 4.18. The zero-order valence-electron chi connectivity index (χ0n) is 21.4. The van der Waals surface area contributed by atoms with Crippen LogP contribution in [0.25, 0.3) is 11.2 Å². The van der Waals surface area contributed by atoms with Gasteiger partial charge in [0.05, 0.1) is 6.33 Å². The number of ether oxygens (including phenoxy) is 4. The summed E-state index contributed by atoms with van der Waals surface area (Å²) in [6.45, 7) is 9.12. The molecule has 0 saturated carbocycles. The Morgan fingerprint density at radius 1 is 0.842 bits per heavy atom. The molecule has 0 amide bonds. The second-order valence-corrected chi connectivity index (χ2v) is 9.93. The number of rotatable bonds is 6. The predicted molar refractivity (Wildman–Crippen MR) is 142 cm³/mol. The highest BCUT2D eigenvalue weighted by Gasteiger charge is 2.24. The maximum absolute atomic E-state index is 5.55. The summed E-state index contributed by atoms with van der Waals surface area (Å²) in [6, 6.07) is 12.2. The van der Waals surface area contributed by atoms with E-state index < -0.39 is 0 Å². The van der Waals surface area contributed by atoms with E-state index in [4.69, 9.17) is 28.9 Å². The van der Waals surface area contributed by atoms with Gasteiger partial charge in [-0.25, -0.2) is 4.98 Å². The summed E-state index contributed by atoms with van der Waals surface area (Å²) in [4.78, 5) is 19.3. The zero-order valence-corrected chi connectivity index (χ0v) is 21.4. The molecule has 2 aromatic heterocycles. The van der Waals surface area contributed by atoms with E-state index in [1.165, 1.54) is 5.56 Å². The Morgan fingerprint density at radius 3 is 2.32 bits per heavy atom. The normalized spacial score (nSPS) is 16.6. The van der Waals surface area contributed by atoms with Crippen LogP contribution in [0, 0.1) is 0 Å². The van der Waals surface area contributed by atoms with Crippen LogP contribution in [0.15, 0.2) is 42.7 Å². The van der Waals surface area contributed by atoms with E-state index in [1.54, 1.807) is 0 Å². The number of nitrogens with zero attached hydrogens (tertiary/aromatic N) is 6. The second-order valence-electron chi connectivity index (χ2n) is 9.93. The number of hydrogen-bond acceptors (Lipinski definition) is 10. The molecule has 4 aromatic rings. The molecule has 1 saturated heterocycles. The molecule has 7 rings (SSSR count). The highest BCUT2D eigenvalue weighted by Crippen LogP contribution is 2.36. The van der Waals surface area contributed by atoms with Crippen LogP contribution in [0.4, 0.5) is 17.5 Å². The van der Waals surface area contributed by atoms with E-state index in [0.29, 0.717) is 24.3 Å². The highest BCUT2D eigenvalue weighted by molar-refractivity contribution is 5.87. The lowest BCUT2D eigenvalue weighted by Crippen LogP contribution is -2.46. The van der Waals surface area contributed by atoms with E-state index in [9.17, 15) is 0 Å². The summed E-state index contributed by atoms with van der Waals surface area (Å²) < 4.78 is 24.1. The van der Waals surface area contributed by atoms with Crippen LogP contribution in [0.2, 0.25) is 0 Å². The van der Waals surface area contributed by atoms with Crippen molar-refractivity contribution >= 4 is 28.6 Å². The van der Waals surface area contributed by atoms with Crippen molar-refractivity contribution in [3.63, 3.8) is 0 Å². The van der Waals surface area contributed by atoms with Crippen molar-refractivity contribution in [1.82, 2.24) is 24.4 Å². The fourth-order valence-electron chi connectivity index (χ4n) is 5.03. The van der Waals surface area contributed by atoms with Crippen molar-refractivity contribution in [2.75, 3.05) is 50.0 Å². The SMILES string of the molecule is CC(C)n1cnc2c(Nc3ccc4c(c3)OCO4)nc(N3CCN(Cc4ccc5c(c4)OCO5)CC3)nc21. The number of imidazole rings is 1. The second kappa shape index (κ2) is 9.25.